The van der Waals surface area contributed by atoms with Gasteiger partial charge in [0.1, 0.15) is 0 Å². The van der Waals surface area contributed by atoms with Gasteiger partial charge < -0.3 is 14.2 Å². The smallest absolute Gasteiger partial charge is 0.308 e. The van der Waals surface area contributed by atoms with Crippen LogP contribution in [-0.2, 0) is 4.79 Å². The zero-order valence-electron chi connectivity index (χ0n) is 11.4. The molecule has 0 aliphatic carbocycles. The standard InChI is InChI=1S/C14H19O4/c1-9(2)16-12-7-6-8-13(18-11(5)15)14(12)17-10(3)4/h6,8-10H,1-5H3. The molecule has 0 saturated heterocycles. The molecule has 0 fully saturated rings. The molecule has 0 aromatic heterocycles. The molecule has 18 heavy (non-hydrogen) atoms. The first-order valence-electron chi connectivity index (χ1n) is 5.96. The van der Waals surface area contributed by atoms with Crippen molar-refractivity contribution >= 4 is 5.97 Å². The van der Waals surface area contributed by atoms with Crippen LogP contribution in [0.2, 0.25) is 0 Å². The van der Waals surface area contributed by atoms with Crippen LogP contribution in [0, 0.1) is 6.07 Å². The number of hydrogen-bond acceptors (Lipinski definition) is 4. The Hall–Kier alpha value is -1.71. The van der Waals surface area contributed by atoms with Gasteiger partial charge in [-0.2, -0.15) is 0 Å². The number of hydrogen-bond donors (Lipinski definition) is 0. The van der Waals surface area contributed by atoms with Crippen molar-refractivity contribution in [3.05, 3.63) is 18.2 Å². The molecule has 1 aromatic carbocycles. The summed E-state index contributed by atoms with van der Waals surface area (Å²) in [6.07, 6.45) is -0.0621. The van der Waals surface area contributed by atoms with Gasteiger partial charge in [-0.15, -0.1) is 0 Å². The van der Waals surface area contributed by atoms with Gasteiger partial charge in [0.2, 0.25) is 5.75 Å². The highest BCUT2D eigenvalue weighted by molar-refractivity contribution is 5.71. The summed E-state index contributed by atoms with van der Waals surface area (Å²) >= 11 is 0. The van der Waals surface area contributed by atoms with E-state index in [1.807, 2.05) is 27.7 Å². The van der Waals surface area contributed by atoms with Gasteiger partial charge in [-0.3, -0.25) is 4.79 Å². The Bertz CT molecular complexity index is 410. The second-order valence-electron chi connectivity index (χ2n) is 4.43. The van der Waals surface area contributed by atoms with Gasteiger partial charge in [-0.05, 0) is 39.8 Å². The number of benzene rings is 1. The van der Waals surface area contributed by atoms with Crippen molar-refractivity contribution in [2.75, 3.05) is 0 Å². The number of carbonyl (C=O) groups is 1. The monoisotopic (exact) mass is 251 g/mol. The summed E-state index contributed by atoms with van der Waals surface area (Å²) in [5.41, 5.74) is 0. The molecule has 0 saturated carbocycles. The summed E-state index contributed by atoms with van der Waals surface area (Å²) in [4.78, 5) is 11.1. The number of carbonyl (C=O) groups excluding carboxylic acids is 1. The molecule has 0 aliphatic heterocycles. The van der Waals surface area contributed by atoms with Gasteiger partial charge in [0, 0.05) is 13.0 Å². The van der Waals surface area contributed by atoms with Crippen LogP contribution < -0.4 is 14.2 Å². The molecule has 4 heteroatoms. The van der Waals surface area contributed by atoms with Crippen molar-refractivity contribution < 1.29 is 19.0 Å². The topological polar surface area (TPSA) is 44.8 Å². The van der Waals surface area contributed by atoms with Crippen LogP contribution in [0.4, 0.5) is 0 Å². The van der Waals surface area contributed by atoms with E-state index in [4.69, 9.17) is 14.2 Å². The van der Waals surface area contributed by atoms with E-state index in [-0.39, 0.29) is 12.2 Å². The molecule has 0 spiro atoms. The summed E-state index contributed by atoms with van der Waals surface area (Å²) in [5.74, 6) is 0.824. The Morgan fingerprint density at radius 1 is 1.17 bits per heavy atom. The summed E-state index contributed by atoms with van der Waals surface area (Å²) in [6.45, 7) is 8.95. The van der Waals surface area contributed by atoms with E-state index in [0.29, 0.717) is 17.2 Å². The lowest BCUT2D eigenvalue weighted by molar-refractivity contribution is -0.132. The zero-order valence-corrected chi connectivity index (χ0v) is 11.4. The molecule has 0 N–H and O–H groups in total. The first-order valence-corrected chi connectivity index (χ1v) is 5.96. The number of rotatable bonds is 5. The van der Waals surface area contributed by atoms with Crippen LogP contribution in [0.25, 0.3) is 0 Å². The van der Waals surface area contributed by atoms with Gasteiger partial charge in [0.05, 0.1) is 12.2 Å². The van der Waals surface area contributed by atoms with Gasteiger partial charge in [-0.25, -0.2) is 0 Å². The first kappa shape index (κ1) is 14.4. The highest BCUT2D eigenvalue weighted by Gasteiger charge is 2.16. The van der Waals surface area contributed by atoms with Gasteiger partial charge in [0.25, 0.3) is 0 Å². The maximum absolute atomic E-state index is 11.1. The molecule has 0 aliphatic rings. The van der Waals surface area contributed by atoms with Crippen LogP contribution in [0.15, 0.2) is 12.1 Å². The molecule has 0 bridgehead atoms. The van der Waals surface area contributed by atoms with Crippen LogP contribution in [0.1, 0.15) is 34.6 Å². The fraction of sp³-hybridized carbons (Fsp3) is 0.500. The maximum atomic E-state index is 11.1. The summed E-state index contributed by atoms with van der Waals surface area (Å²) in [6, 6.07) is 6.22. The highest BCUT2D eigenvalue weighted by Crippen LogP contribution is 2.38. The van der Waals surface area contributed by atoms with Crippen molar-refractivity contribution in [2.45, 2.75) is 46.8 Å². The van der Waals surface area contributed by atoms with E-state index in [1.165, 1.54) is 6.92 Å². The second kappa shape index (κ2) is 6.28. The van der Waals surface area contributed by atoms with E-state index >= 15 is 0 Å². The van der Waals surface area contributed by atoms with Crippen molar-refractivity contribution in [2.24, 2.45) is 0 Å². The lowest BCUT2D eigenvalue weighted by atomic mass is 10.2. The zero-order chi connectivity index (χ0) is 13.7. The summed E-state index contributed by atoms with van der Waals surface area (Å²) in [5, 5.41) is 0. The minimum Gasteiger partial charge on any atom is -0.486 e. The Morgan fingerprint density at radius 2 is 1.78 bits per heavy atom. The van der Waals surface area contributed by atoms with Crippen LogP contribution in [0.5, 0.6) is 17.2 Å². The Labute approximate surface area is 108 Å². The van der Waals surface area contributed by atoms with E-state index < -0.39 is 5.97 Å². The van der Waals surface area contributed by atoms with Crippen LogP contribution in [0.3, 0.4) is 0 Å². The predicted molar refractivity (Wildman–Crippen MR) is 68.1 cm³/mol. The largest absolute Gasteiger partial charge is 0.486 e. The van der Waals surface area contributed by atoms with Gasteiger partial charge in [-0.1, -0.05) is 0 Å². The quantitative estimate of drug-likeness (QED) is 0.596. The van der Waals surface area contributed by atoms with Crippen molar-refractivity contribution in [3.63, 3.8) is 0 Å². The molecule has 0 atom stereocenters. The predicted octanol–water partition coefficient (Wildman–Crippen LogP) is 2.99. The fourth-order valence-corrected chi connectivity index (χ4v) is 1.35. The number of ether oxygens (including phenoxy) is 3. The number of esters is 1. The SMILES string of the molecule is CC(=O)Oc1cc[c]c(OC(C)C)c1OC(C)C. The maximum Gasteiger partial charge on any atom is 0.308 e. The van der Waals surface area contributed by atoms with E-state index in [1.54, 1.807) is 12.1 Å². The Balaban J connectivity index is 3.11. The molecular weight excluding hydrogens is 232 g/mol. The average Bonchev–Trinajstić information content (AvgIpc) is 2.20. The third-order valence-electron chi connectivity index (χ3n) is 1.84. The summed E-state index contributed by atoms with van der Waals surface area (Å²) < 4.78 is 16.3. The fourth-order valence-electron chi connectivity index (χ4n) is 1.35. The normalized spacial score (nSPS) is 10.6. The third-order valence-corrected chi connectivity index (χ3v) is 1.84. The van der Waals surface area contributed by atoms with Crippen molar-refractivity contribution in [1.82, 2.24) is 0 Å². The van der Waals surface area contributed by atoms with E-state index in [9.17, 15) is 4.79 Å². The first-order chi connectivity index (χ1) is 8.40. The molecular formula is C14H19O4. The molecule has 99 valence electrons. The summed E-state index contributed by atoms with van der Waals surface area (Å²) in [7, 11) is 0. The Kier molecular flexibility index (Phi) is 5.01. The molecule has 0 heterocycles. The lowest BCUT2D eigenvalue weighted by Gasteiger charge is -2.18. The molecule has 0 unspecified atom stereocenters. The molecule has 4 nitrogen and oxygen atoms in total. The Morgan fingerprint density at radius 3 is 2.28 bits per heavy atom. The molecule has 1 rings (SSSR count). The van der Waals surface area contributed by atoms with E-state index in [0.717, 1.165) is 0 Å². The van der Waals surface area contributed by atoms with Crippen LogP contribution >= 0.6 is 0 Å². The van der Waals surface area contributed by atoms with Gasteiger partial charge in [0.15, 0.2) is 11.5 Å². The lowest BCUT2D eigenvalue weighted by Crippen LogP contribution is -2.13. The molecule has 1 aromatic rings. The highest BCUT2D eigenvalue weighted by atomic mass is 16.6. The average molecular weight is 251 g/mol. The minimum atomic E-state index is -0.398. The second-order valence-corrected chi connectivity index (χ2v) is 4.43. The third kappa shape index (κ3) is 4.28. The molecule has 0 amide bonds. The van der Waals surface area contributed by atoms with Crippen LogP contribution in [-0.4, -0.2) is 18.2 Å². The molecule has 1 radical (unpaired) electrons. The van der Waals surface area contributed by atoms with Gasteiger partial charge >= 0.3 is 5.97 Å². The van der Waals surface area contributed by atoms with E-state index in [2.05, 4.69) is 6.07 Å². The minimum absolute atomic E-state index is 0.0108. The van der Waals surface area contributed by atoms with Crippen molar-refractivity contribution in [3.8, 4) is 17.2 Å². The van der Waals surface area contributed by atoms with Crippen molar-refractivity contribution in [1.29, 1.82) is 0 Å².